The van der Waals surface area contributed by atoms with Gasteiger partial charge in [-0.2, -0.15) is 5.10 Å². The van der Waals surface area contributed by atoms with Gasteiger partial charge in [0.05, 0.1) is 17.5 Å². The first-order valence-corrected chi connectivity index (χ1v) is 13.4. The fraction of sp³-hybridized carbons (Fsp3) is 0.519. The van der Waals surface area contributed by atoms with Gasteiger partial charge in [-0.15, -0.1) is 5.10 Å². The number of halogens is 1. The number of aromatic amines is 1. The number of carboxylic acids is 1. The fourth-order valence-electron chi connectivity index (χ4n) is 7.94. The number of hydrogen-bond acceptors (Lipinski definition) is 6. The van der Waals surface area contributed by atoms with Crippen LogP contribution < -0.4 is 5.32 Å². The highest BCUT2D eigenvalue weighted by Crippen LogP contribution is 2.71. The van der Waals surface area contributed by atoms with Gasteiger partial charge in [-0.25, -0.2) is 18.9 Å². The maximum Gasteiger partial charge on any atom is 0.308 e. The lowest BCUT2D eigenvalue weighted by Gasteiger charge is -2.55. The molecular formula is C27H28FN7O2. The van der Waals surface area contributed by atoms with E-state index in [-0.39, 0.29) is 17.4 Å². The summed E-state index contributed by atoms with van der Waals surface area (Å²) in [7, 11) is 0. The zero-order valence-electron chi connectivity index (χ0n) is 20.5. The monoisotopic (exact) mass is 501 g/mol. The van der Waals surface area contributed by atoms with Crippen LogP contribution in [0.1, 0.15) is 57.1 Å². The minimum Gasteiger partial charge on any atom is -0.481 e. The van der Waals surface area contributed by atoms with Crippen molar-refractivity contribution in [2.24, 2.45) is 29.1 Å². The zero-order valence-corrected chi connectivity index (χ0v) is 20.5. The lowest BCUT2D eigenvalue weighted by atomic mass is 9.52. The van der Waals surface area contributed by atoms with E-state index in [1.54, 1.807) is 0 Å². The Morgan fingerprint density at radius 3 is 2.95 bits per heavy atom. The summed E-state index contributed by atoms with van der Waals surface area (Å²) in [6, 6.07) is 5.30. The molecule has 4 aromatic rings. The van der Waals surface area contributed by atoms with Gasteiger partial charge in [0, 0.05) is 17.7 Å². The molecule has 10 heteroatoms. The first-order chi connectivity index (χ1) is 18.0. The molecule has 0 amide bonds. The van der Waals surface area contributed by atoms with Crippen molar-refractivity contribution in [3.63, 3.8) is 0 Å². The molecule has 2 bridgehead atoms. The van der Waals surface area contributed by atoms with Crippen LogP contribution in [0, 0.1) is 34.9 Å². The highest BCUT2D eigenvalue weighted by Gasteiger charge is 2.69. The minimum absolute atomic E-state index is 0.0530. The van der Waals surface area contributed by atoms with Gasteiger partial charge < -0.3 is 10.4 Å². The van der Waals surface area contributed by atoms with E-state index in [2.05, 4.69) is 33.5 Å². The molecule has 9 rings (SSSR count). The SMILES string of the molecule is CC[C@@]12CC[C@@H](C3CC31)[C@H](C(=O)O)[C@@H]2Nc1nc(-c2n[nH]c3ncc(F)cc23)nn2c(C3CC3)ccc12. The smallest absolute Gasteiger partial charge is 0.308 e. The number of aliphatic carboxylic acids is 1. The average Bonchev–Trinajstić information content (AvgIpc) is 3.82. The molecule has 37 heavy (non-hydrogen) atoms. The van der Waals surface area contributed by atoms with E-state index in [1.807, 2.05) is 10.6 Å². The van der Waals surface area contributed by atoms with Crippen molar-refractivity contribution in [2.45, 2.75) is 57.4 Å². The summed E-state index contributed by atoms with van der Waals surface area (Å²) in [5, 5.41) is 26.7. The Morgan fingerprint density at radius 1 is 1.30 bits per heavy atom. The van der Waals surface area contributed by atoms with Gasteiger partial charge in [0.25, 0.3) is 0 Å². The zero-order chi connectivity index (χ0) is 25.1. The summed E-state index contributed by atoms with van der Waals surface area (Å²) in [6.45, 7) is 2.20. The van der Waals surface area contributed by atoms with Crippen LogP contribution in [0.5, 0.6) is 0 Å². The van der Waals surface area contributed by atoms with Crippen molar-refractivity contribution >= 4 is 28.3 Å². The van der Waals surface area contributed by atoms with E-state index in [1.165, 1.54) is 6.07 Å². The molecule has 0 spiro atoms. The molecule has 6 atom stereocenters. The van der Waals surface area contributed by atoms with Gasteiger partial charge in [-0.3, -0.25) is 9.89 Å². The third-order valence-electron chi connectivity index (χ3n) is 9.88. The molecule has 5 fully saturated rings. The number of carbonyl (C=O) groups is 1. The second-order valence-electron chi connectivity index (χ2n) is 11.5. The molecular weight excluding hydrogens is 473 g/mol. The van der Waals surface area contributed by atoms with Gasteiger partial charge in [0.15, 0.2) is 11.5 Å². The Labute approximate surface area is 211 Å². The Bertz CT molecular complexity index is 1590. The Hall–Kier alpha value is -3.56. The Morgan fingerprint density at radius 2 is 2.16 bits per heavy atom. The van der Waals surface area contributed by atoms with E-state index in [0.717, 1.165) is 55.9 Å². The van der Waals surface area contributed by atoms with E-state index in [4.69, 9.17) is 10.1 Å². The number of nitrogens with one attached hydrogen (secondary N) is 2. The molecule has 5 aliphatic carbocycles. The van der Waals surface area contributed by atoms with E-state index in [0.29, 0.717) is 46.1 Å². The second-order valence-corrected chi connectivity index (χ2v) is 11.5. The summed E-state index contributed by atoms with van der Waals surface area (Å²) in [5.41, 5.74) is 2.78. The minimum atomic E-state index is -0.718. The topological polar surface area (TPSA) is 121 Å². The number of carboxylic acid groups (broad SMARTS) is 1. The van der Waals surface area contributed by atoms with Crippen molar-refractivity contribution in [2.75, 3.05) is 5.32 Å². The lowest BCUT2D eigenvalue weighted by Crippen LogP contribution is -2.59. The van der Waals surface area contributed by atoms with Gasteiger partial charge in [0.1, 0.15) is 17.0 Å². The van der Waals surface area contributed by atoms with Crippen LogP contribution in [0.15, 0.2) is 24.4 Å². The van der Waals surface area contributed by atoms with Crippen molar-refractivity contribution in [1.82, 2.24) is 29.8 Å². The molecule has 0 saturated heterocycles. The molecule has 190 valence electrons. The maximum absolute atomic E-state index is 14.1. The van der Waals surface area contributed by atoms with Crippen molar-refractivity contribution in [3.8, 4) is 11.5 Å². The average molecular weight is 502 g/mol. The molecule has 0 radical (unpaired) electrons. The van der Waals surface area contributed by atoms with Gasteiger partial charge in [-0.05, 0) is 79.9 Å². The molecule has 5 saturated carbocycles. The van der Waals surface area contributed by atoms with E-state index in [9.17, 15) is 14.3 Å². The summed E-state index contributed by atoms with van der Waals surface area (Å²) in [5.74, 6) is 1.13. The number of hydrogen-bond donors (Lipinski definition) is 3. The molecule has 3 N–H and O–H groups in total. The van der Waals surface area contributed by atoms with Crippen molar-refractivity contribution in [3.05, 3.63) is 35.9 Å². The predicted molar refractivity (Wildman–Crippen MR) is 133 cm³/mol. The molecule has 5 aliphatic rings. The Kier molecular flexibility index (Phi) is 4.22. The third-order valence-corrected chi connectivity index (χ3v) is 9.88. The molecule has 4 heterocycles. The summed E-state index contributed by atoms with van der Waals surface area (Å²) >= 11 is 0. The van der Waals surface area contributed by atoms with Crippen LogP contribution >= 0.6 is 0 Å². The number of nitrogens with zero attached hydrogens (tertiary/aromatic N) is 5. The van der Waals surface area contributed by atoms with E-state index < -0.39 is 17.7 Å². The van der Waals surface area contributed by atoms with Crippen molar-refractivity contribution in [1.29, 1.82) is 0 Å². The number of pyridine rings is 1. The predicted octanol–water partition coefficient (Wildman–Crippen LogP) is 4.62. The normalized spacial score (nSPS) is 32.1. The van der Waals surface area contributed by atoms with Crippen LogP contribution in [0.3, 0.4) is 0 Å². The molecule has 0 aromatic carbocycles. The highest BCUT2D eigenvalue weighted by atomic mass is 19.1. The van der Waals surface area contributed by atoms with Crippen LogP contribution in [0.4, 0.5) is 10.2 Å². The first kappa shape index (κ1) is 21.5. The second kappa shape index (κ2) is 7.26. The number of aromatic nitrogens is 6. The summed E-state index contributed by atoms with van der Waals surface area (Å²) < 4.78 is 16.0. The highest BCUT2D eigenvalue weighted by molar-refractivity contribution is 5.89. The van der Waals surface area contributed by atoms with E-state index >= 15 is 0 Å². The molecule has 9 nitrogen and oxygen atoms in total. The first-order valence-electron chi connectivity index (χ1n) is 13.4. The van der Waals surface area contributed by atoms with Gasteiger partial charge in [-0.1, -0.05) is 6.92 Å². The fourth-order valence-corrected chi connectivity index (χ4v) is 7.94. The van der Waals surface area contributed by atoms with Gasteiger partial charge in [0.2, 0.25) is 5.82 Å². The van der Waals surface area contributed by atoms with Crippen LogP contribution in [0.2, 0.25) is 0 Å². The molecule has 2 unspecified atom stereocenters. The quantitative estimate of drug-likeness (QED) is 0.352. The van der Waals surface area contributed by atoms with Crippen LogP contribution in [-0.2, 0) is 4.79 Å². The van der Waals surface area contributed by atoms with Crippen LogP contribution in [0.25, 0.3) is 28.1 Å². The van der Waals surface area contributed by atoms with Gasteiger partial charge >= 0.3 is 5.97 Å². The molecule has 0 aliphatic heterocycles. The largest absolute Gasteiger partial charge is 0.481 e. The molecule has 4 aromatic heterocycles. The number of H-pyrrole nitrogens is 1. The summed E-state index contributed by atoms with van der Waals surface area (Å²) in [4.78, 5) is 21.7. The third kappa shape index (κ3) is 2.92. The summed E-state index contributed by atoms with van der Waals surface area (Å²) in [6.07, 6.45) is 7.50. The van der Waals surface area contributed by atoms with Crippen molar-refractivity contribution < 1.29 is 14.3 Å². The number of rotatable bonds is 6. The number of fused-ring (bicyclic) bond motifs is 4. The standard InChI is InChI=1S/C27H28FN7O2/c1-2-27-8-7-14(15-10-17(15)27)20(26(36)37)22(27)30-24-19-6-5-18(12-3-4-12)35(19)34-25(31-24)21-16-9-13(28)11-29-23(16)33-32-21/h5-6,9,11-12,14-15,17,20,22H,2-4,7-8,10H2,1H3,(H,36,37)(H,29,32,33)(H,30,31,34)/t14-,15?,17?,20-,22-,27+/m0/s1. The maximum atomic E-state index is 14.1. The van der Waals surface area contributed by atoms with Crippen LogP contribution in [-0.4, -0.2) is 46.9 Å². The Balaban J connectivity index is 1.30. The lowest BCUT2D eigenvalue weighted by molar-refractivity contribution is -0.152. The number of anilines is 1.